The second-order valence-electron chi connectivity index (χ2n) is 20.0. The van der Waals surface area contributed by atoms with Crippen molar-refractivity contribution in [1.29, 1.82) is 10.5 Å². The number of unbranched alkanes of at least 4 members (excludes halogenated alkanes) is 3. The monoisotopic (exact) mass is 1140 g/mol. The lowest BCUT2D eigenvalue weighted by Crippen LogP contribution is -2.33. The van der Waals surface area contributed by atoms with E-state index in [9.17, 15) is 56.8 Å². The molecule has 4 aromatic rings. The Kier molecular flexibility index (Phi) is 24.9. The van der Waals surface area contributed by atoms with Gasteiger partial charge in [-0.2, -0.15) is 20.8 Å². The Morgan fingerprint density at radius 2 is 0.975 bits per heavy atom. The minimum absolute atomic E-state index is 0.0706. The number of nitrogens with zero attached hydrogens (tertiary/aromatic N) is 8. The number of aromatic hydroxyl groups is 2. The van der Waals surface area contributed by atoms with Gasteiger partial charge in [-0.25, -0.2) is 26.3 Å². The summed E-state index contributed by atoms with van der Waals surface area (Å²) in [5.74, 6) is -1.89. The summed E-state index contributed by atoms with van der Waals surface area (Å²) in [5, 5.41) is 57.9. The number of azo groups is 2. The number of benzene rings is 2. The molecule has 22 nitrogen and oxygen atoms in total. The predicted molar refractivity (Wildman–Crippen MR) is 301 cm³/mol. The fourth-order valence-corrected chi connectivity index (χ4v) is 11.5. The minimum atomic E-state index is -4.10. The molecule has 0 aliphatic rings. The van der Waals surface area contributed by atoms with Crippen LogP contribution in [0.4, 0.5) is 22.7 Å². The number of nitrogens with one attached hydrogen (secondary N) is 2. The van der Waals surface area contributed by atoms with E-state index < -0.39 is 67.1 Å². The highest BCUT2D eigenvalue weighted by Crippen LogP contribution is 2.32. The van der Waals surface area contributed by atoms with E-state index >= 15 is 0 Å². The first-order chi connectivity index (χ1) is 37.9. The van der Waals surface area contributed by atoms with Gasteiger partial charge in [0.25, 0.3) is 11.1 Å². The van der Waals surface area contributed by atoms with Crippen LogP contribution in [-0.2, 0) is 52.2 Å². The molecule has 4 rings (SSSR count). The van der Waals surface area contributed by atoms with Gasteiger partial charge in [-0.1, -0.05) is 66.2 Å². The highest BCUT2D eigenvalue weighted by molar-refractivity contribution is 7.89. The average Bonchev–Trinajstić information content (AvgIpc) is 3.40. The van der Waals surface area contributed by atoms with E-state index in [2.05, 4.69) is 43.7 Å². The third-order valence-corrected chi connectivity index (χ3v) is 16.9. The SMILES string of the molecule is CCCCC(CC)Cn1c(O)c(C#N)c(C)c(N=Nc2ccc(S(=O)(=O)NCC(C)OC(=O)CCCCC(=O)OC(C)CNS(=O)(=O)c3ccc(N=Nc4c(C)c(C#N)c(O)n(CC(CC)CCCC)c4=O)cc3C)c(C)c2)c1=O. The van der Waals surface area contributed by atoms with Crippen LogP contribution in [0.3, 0.4) is 0 Å². The van der Waals surface area contributed by atoms with E-state index in [1.54, 1.807) is 13.8 Å². The number of sulfonamides is 2. The molecule has 80 heavy (non-hydrogen) atoms. The average molecular weight is 1150 g/mol. The lowest BCUT2D eigenvalue weighted by molar-refractivity contribution is -0.150. The van der Waals surface area contributed by atoms with Crippen LogP contribution in [0.15, 0.2) is 76.2 Å². The third kappa shape index (κ3) is 17.7. The van der Waals surface area contributed by atoms with Crippen LogP contribution in [0, 0.1) is 62.2 Å². The van der Waals surface area contributed by atoms with Gasteiger partial charge in [-0.15, -0.1) is 10.2 Å². The van der Waals surface area contributed by atoms with Gasteiger partial charge in [0.05, 0.1) is 21.2 Å². The summed E-state index contributed by atoms with van der Waals surface area (Å²) in [4.78, 5) is 52.2. The summed E-state index contributed by atoms with van der Waals surface area (Å²) in [6, 6.07) is 12.3. The first-order valence-electron chi connectivity index (χ1n) is 27.0. The first kappa shape index (κ1) is 65.4. The van der Waals surface area contributed by atoms with Crippen molar-refractivity contribution in [2.45, 2.75) is 181 Å². The molecule has 434 valence electrons. The molecule has 0 spiro atoms. The number of hydrogen-bond acceptors (Lipinski definition) is 18. The molecule has 0 aliphatic heterocycles. The molecule has 0 fully saturated rings. The van der Waals surface area contributed by atoms with Gasteiger partial charge in [0.15, 0.2) is 11.4 Å². The van der Waals surface area contributed by atoms with Crippen molar-refractivity contribution in [3.8, 4) is 23.9 Å². The minimum Gasteiger partial charge on any atom is -0.493 e. The zero-order valence-electron chi connectivity index (χ0n) is 47.5. The second-order valence-corrected chi connectivity index (χ2v) is 23.5. The molecule has 0 radical (unpaired) electrons. The van der Waals surface area contributed by atoms with Gasteiger partial charge in [0.1, 0.15) is 35.5 Å². The van der Waals surface area contributed by atoms with Crippen LogP contribution in [0.1, 0.15) is 152 Å². The topological polar surface area (TPSA) is 326 Å². The molecular formula is C56H76N10O12S2. The van der Waals surface area contributed by atoms with Crippen LogP contribution in [0.25, 0.3) is 0 Å². The number of pyridine rings is 2. The summed E-state index contributed by atoms with van der Waals surface area (Å²) in [5.41, 5.74) is -0.212. The zero-order valence-corrected chi connectivity index (χ0v) is 49.1. The summed E-state index contributed by atoms with van der Waals surface area (Å²) in [7, 11) is -8.20. The normalized spacial score (nSPS) is 13.4. The number of rotatable bonds is 31. The highest BCUT2D eigenvalue weighted by atomic mass is 32.2. The van der Waals surface area contributed by atoms with Crippen LogP contribution >= 0.6 is 0 Å². The number of aryl methyl sites for hydroxylation is 2. The van der Waals surface area contributed by atoms with Crippen LogP contribution in [0.5, 0.6) is 11.8 Å². The Labute approximate surface area is 469 Å². The molecule has 0 amide bonds. The number of aromatic nitrogens is 2. The molecule has 2 aromatic carbocycles. The molecule has 4 unspecified atom stereocenters. The van der Waals surface area contributed by atoms with Crippen molar-refractivity contribution in [3.05, 3.63) is 90.5 Å². The summed E-state index contributed by atoms with van der Waals surface area (Å²) < 4.78 is 71.2. The summed E-state index contributed by atoms with van der Waals surface area (Å²) in [6.07, 6.45) is 5.70. The predicted octanol–water partition coefficient (Wildman–Crippen LogP) is 10.3. The molecule has 24 heteroatoms. The summed E-state index contributed by atoms with van der Waals surface area (Å²) in [6.45, 7) is 17.2. The maximum atomic E-state index is 13.5. The lowest BCUT2D eigenvalue weighted by atomic mass is 9.99. The summed E-state index contributed by atoms with van der Waals surface area (Å²) >= 11 is 0. The van der Waals surface area contributed by atoms with E-state index in [-0.39, 0.29) is 118 Å². The number of esters is 2. The molecule has 2 heterocycles. The van der Waals surface area contributed by atoms with Crippen LogP contribution in [-0.4, -0.2) is 73.4 Å². The molecular weight excluding hydrogens is 1070 g/mol. The lowest BCUT2D eigenvalue weighted by Gasteiger charge is -2.19. The molecule has 0 saturated heterocycles. The Balaban J connectivity index is 1.24. The molecule has 0 bridgehead atoms. The van der Waals surface area contributed by atoms with E-state index in [0.717, 1.165) is 60.5 Å². The van der Waals surface area contributed by atoms with Gasteiger partial charge in [-0.3, -0.25) is 28.3 Å². The first-order valence-corrected chi connectivity index (χ1v) is 30.0. The van der Waals surface area contributed by atoms with E-state index in [1.807, 2.05) is 26.0 Å². The van der Waals surface area contributed by atoms with Gasteiger partial charge in [0, 0.05) is 50.1 Å². The van der Waals surface area contributed by atoms with Crippen LogP contribution < -0.4 is 20.6 Å². The highest BCUT2D eigenvalue weighted by Gasteiger charge is 2.25. The van der Waals surface area contributed by atoms with E-state index in [1.165, 1.54) is 64.1 Å². The molecule has 0 saturated carbocycles. The van der Waals surface area contributed by atoms with Gasteiger partial charge in [-0.05, 0) is 127 Å². The smallest absolute Gasteiger partial charge is 0.306 e. The van der Waals surface area contributed by atoms with Crippen molar-refractivity contribution in [2.75, 3.05) is 13.1 Å². The van der Waals surface area contributed by atoms with Crippen molar-refractivity contribution >= 4 is 54.7 Å². The third-order valence-electron chi connectivity index (χ3n) is 13.7. The quantitative estimate of drug-likeness (QED) is 0.0207. The fraction of sp³-hybridized carbons (Fsp3) is 0.536. The number of carbonyl (C=O) groups is 2. The zero-order chi connectivity index (χ0) is 59.5. The molecule has 4 N–H and O–H groups in total. The standard InChI is InChI=1S/C56H76N10O12S2/c1-11-15-19-41(13-3)33-65-53(69)45(29-57)39(9)51(55(65)71)63-61-43-23-25-47(35(5)27-43)79(73,74)59-31-37(7)77-49(67)21-17-18-22-50(68)78-38(8)32-60-80(75,76)48-26-24-44(28-36(48)6)62-64-52-40(10)46(30-58)54(70)66(56(52)72)34-42(14-4)20-16-12-2/h23-28,37-38,41-42,59-60,69-70H,11-22,31-34H2,1-10H3. The Hall–Kier alpha value is -7.12. The number of ether oxygens (including phenoxy) is 2. The van der Waals surface area contributed by atoms with Gasteiger partial charge < -0.3 is 19.7 Å². The Morgan fingerprint density at radius 1 is 0.613 bits per heavy atom. The molecule has 0 aliphatic carbocycles. The molecule has 4 atom stereocenters. The van der Waals surface area contributed by atoms with Crippen molar-refractivity contribution in [1.82, 2.24) is 18.6 Å². The van der Waals surface area contributed by atoms with Gasteiger partial charge >= 0.3 is 11.9 Å². The van der Waals surface area contributed by atoms with E-state index in [0.29, 0.717) is 11.1 Å². The largest absolute Gasteiger partial charge is 0.493 e. The van der Waals surface area contributed by atoms with E-state index in [4.69, 9.17) is 9.47 Å². The fourth-order valence-electron chi connectivity index (χ4n) is 8.81. The van der Waals surface area contributed by atoms with Crippen molar-refractivity contribution in [3.63, 3.8) is 0 Å². The molecule has 2 aromatic heterocycles. The maximum Gasteiger partial charge on any atom is 0.306 e. The van der Waals surface area contributed by atoms with Crippen molar-refractivity contribution in [2.24, 2.45) is 32.3 Å². The van der Waals surface area contributed by atoms with Gasteiger partial charge in [0.2, 0.25) is 31.8 Å². The number of carbonyl (C=O) groups excluding carboxylic acids is 2. The Morgan fingerprint density at radius 3 is 1.29 bits per heavy atom. The van der Waals surface area contributed by atoms with Crippen LogP contribution in [0.2, 0.25) is 0 Å². The number of nitriles is 2. The number of hydrogen-bond donors (Lipinski definition) is 4. The Bertz CT molecular complexity index is 3140. The maximum absolute atomic E-state index is 13.5. The second kappa shape index (κ2) is 30.5. The van der Waals surface area contributed by atoms with Crippen molar-refractivity contribution < 1.29 is 46.1 Å².